The third-order valence-corrected chi connectivity index (χ3v) is 2.41. The van der Waals surface area contributed by atoms with Crippen molar-refractivity contribution in [2.24, 2.45) is 0 Å². The van der Waals surface area contributed by atoms with Gasteiger partial charge in [0.15, 0.2) is 0 Å². The van der Waals surface area contributed by atoms with Crippen LogP contribution in [0.25, 0.3) is 0 Å². The van der Waals surface area contributed by atoms with Gasteiger partial charge in [-0.3, -0.25) is 4.84 Å². The van der Waals surface area contributed by atoms with E-state index in [2.05, 4.69) is 33.5 Å². The molecule has 0 aliphatic rings. The molecular weight excluding hydrogens is 277 g/mol. The molecule has 1 N–H and O–H groups in total. The quantitative estimate of drug-likeness (QED) is 0.473. The first-order chi connectivity index (χ1) is 6.93. The third kappa shape index (κ3) is 7.79. The molecule has 0 aliphatic heterocycles. The van der Waals surface area contributed by atoms with Crippen LogP contribution in [0.1, 0.15) is 18.4 Å². The Morgan fingerprint density at radius 2 is 1.87 bits per heavy atom. The molecule has 0 amide bonds. The first kappa shape index (κ1) is 14.9. The molecule has 2 nitrogen and oxygen atoms in total. The summed E-state index contributed by atoms with van der Waals surface area (Å²) in [6, 6.07) is 10.2. The highest BCUT2D eigenvalue weighted by Gasteiger charge is 1.91. The second-order valence-corrected chi connectivity index (χ2v) is 3.86. The number of halogens is 2. The molecule has 0 radical (unpaired) electrons. The van der Waals surface area contributed by atoms with E-state index in [4.69, 9.17) is 4.84 Å². The van der Waals surface area contributed by atoms with Gasteiger partial charge in [0.05, 0.1) is 6.61 Å². The van der Waals surface area contributed by atoms with E-state index >= 15 is 0 Å². The summed E-state index contributed by atoms with van der Waals surface area (Å²) >= 11 is 3.39. The SMILES string of the molecule is BrCCCCNOCc1ccccc1.Cl. The van der Waals surface area contributed by atoms with Gasteiger partial charge in [-0.05, 0) is 18.4 Å². The monoisotopic (exact) mass is 293 g/mol. The summed E-state index contributed by atoms with van der Waals surface area (Å²) < 4.78 is 0. The summed E-state index contributed by atoms with van der Waals surface area (Å²) in [7, 11) is 0. The minimum absolute atomic E-state index is 0. The van der Waals surface area contributed by atoms with Crippen molar-refractivity contribution >= 4 is 28.3 Å². The summed E-state index contributed by atoms with van der Waals surface area (Å²) in [6.07, 6.45) is 2.32. The van der Waals surface area contributed by atoms with E-state index in [9.17, 15) is 0 Å². The van der Waals surface area contributed by atoms with Gasteiger partial charge in [-0.15, -0.1) is 12.4 Å². The fraction of sp³-hybridized carbons (Fsp3) is 0.455. The summed E-state index contributed by atoms with van der Waals surface area (Å²) in [5.74, 6) is 0. The van der Waals surface area contributed by atoms with Gasteiger partial charge in [0, 0.05) is 11.9 Å². The lowest BCUT2D eigenvalue weighted by Gasteiger charge is -2.04. The van der Waals surface area contributed by atoms with Crippen LogP contribution in [0.15, 0.2) is 30.3 Å². The highest BCUT2D eigenvalue weighted by molar-refractivity contribution is 9.09. The number of nitrogens with one attached hydrogen (secondary N) is 1. The maximum absolute atomic E-state index is 5.30. The minimum atomic E-state index is 0. The Kier molecular flexibility index (Phi) is 10.4. The van der Waals surface area contributed by atoms with Crippen LogP contribution in [0.2, 0.25) is 0 Å². The van der Waals surface area contributed by atoms with Crippen LogP contribution in [0, 0.1) is 0 Å². The zero-order chi connectivity index (χ0) is 10.1. The van der Waals surface area contributed by atoms with Crippen LogP contribution in [0.4, 0.5) is 0 Å². The maximum atomic E-state index is 5.30. The molecule has 1 rings (SSSR count). The van der Waals surface area contributed by atoms with E-state index in [1.54, 1.807) is 0 Å². The number of hydroxylamine groups is 1. The second-order valence-electron chi connectivity index (χ2n) is 3.06. The first-order valence-electron chi connectivity index (χ1n) is 4.88. The number of hydrogen-bond acceptors (Lipinski definition) is 2. The van der Waals surface area contributed by atoms with Crippen molar-refractivity contribution in [3.63, 3.8) is 0 Å². The van der Waals surface area contributed by atoms with Crippen molar-refractivity contribution in [3.8, 4) is 0 Å². The van der Waals surface area contributed by atoms with Gasteiger partial charge in [-0.2, -0.15) is 0 Å². The summed E-state index contributed by atoms with van der Waals surface area (Å²) in [6.45, 7) is 1.55. The molecule has 0 aromatic heterocycles. The largest absolute Gasteiger partial charge is 0.297 e. The molecule has 1 aromatic rings. The van der Waals surface area contributed by atoms with E-state index in [1.807, 2.05) is 18.2 Å². The van der Waals surface area contributed by atoms with Crippen molar-refractivity contribution in [1.29, 1.82) is 0 Å². The summed E-state index contributed by atoms with van der Waals surface area (Å²) in [4.78, 5) is 5.30. The molecule has 0 saturated heterocycles. The normalized spacial score (nSPS) is 9.67. The van der Waals surface area contributed by atoms with Gasteiger partial charge in [-0.25, -0.2) is 5.48 Å². The molecule has 0 bridgehead atoms. The van der Waals surface area contributed by atoms with E-state index in [-0.39, 0.29) is 12.4 Å². The van der Waals surface area contributed by atoms with Gasteiger partial charge >= 0.3 is 0 Å². The molecule has 4 heteroatoms. The molecule has 0 atom stereocenters. The molecule has 0 spiro atoms. The first-order valence-corrected chi connectivity index (χ1v) is 6.00. The molecule has 1 aromatic carbocycles. The fourth-order valence-electron chi connectivity index (χ4n) is 1.07. The minimum Gasteiger partial charge on any atom is -0.297 e. The Morgan fingerprint density at radius 1 is 1.13 bits per heavy atom. The Morgan fingerprint density at radius 3 is 2.53 bits per heavy atom. The average Bonchev–Trinajstić information content (AvgIpc) is 2.25. The lowest BCUT2D eigenvalue weighted by Crippen LogP contribution is -2.15. The van der Waals surface area contributed by atoms with Crippen molar-refractivity contribution in [2.45, 2.75) is 19.4 Å². The van der Waals surface area contributed by atoms with Crippen LogP contribution >= 0.6 is 28.3 Å². The Bertz CT molecular complexity index is 233. The Hall–Kier alpha value is -0.0900. The molecule has 0 heterocycles. The van der Waals surface area contributed by atoms with Crippen LogP contribution in [0.3, 0.4) is 0 Å². The average molecular weight is 295 g/mol. The standard InChI is InChI=1S/C11H16BrNO.ClH/c12-8-4-5-9-13-14-10-11-6-2-1-3-7-11;/h1-3,6-7,13H,4-5,8-10H2;1H. The molecular formula is C11H17BrClNO. The Balaban J connectivity index is 0.00000196. The molecule has 0 unspecified atom stereocenters. The number of alkyl halides is 1. The maximum Gasteiger partial charge on any atom is 0.0933 e. The van der Waals surface area contributed by atoms with Crippen molar-refractivity contribution in [3.05, 3.63) is 35.9 Å². The van der Waals surface area contributed by atoms with Crippen LogP contribution in [-0.4, -0.2) is 11.9 Å². The number of benzene rings is 1. The summed E-state index contributed by atoms with van der Waals surface area (Å²) in [5.41, 5.74) is 4.14. The predicted molar refractivity (Wildman–Crippen MR) is 69.5 cm³/mol. The van der Waals surface area contributed by atoms with Crippen LogP contribution < -0.4 is 5.48 Å². The van der Waals surface area contributed by atoms with Gasteiger partial charge < -0.3 is 0 Å². The molecule has 86 valence electrons. The zero-order valence-corrected chi connectivity index (χ0v) is 11.0. The highest BCUT2D eigenvalue weighted by atomic mass is 79.9. The van der Waals surface area contributed by atoms with Gasteiger partial charge in [0.1, 0.15) is 0 Å². The van der Waals surface area contributed by atoms with E-state index < -0.39 is 0 Å². The zero-order valence-electron chi connectivity index (χ0n) is 8.62. The fourth-order valence-corrected chi connectivity index (χ4v) is 1.47. The van der Waals surface area contributed by atoms with E-state index in [0.29, 0.717) is 6.61 Å². The number of rotatable bonds is 7. The van der Waals surface area contributed by atoms with Gasteiger partial charge in [0.2, 0.25) is 0 Å². The smallest absolute Gasteiger partial charge is 0.0933 e. The van der Waals surface area contributed by atoms with Crippen molar-refractivity contribution < 1.29 is 4.84 Å². The van der Waals surface area contributed by atoms with Crippen molar-refractivity contribution in [2.75, 3.05) is 11.9 Å². The second kappa shape index (κ2) is 10.4. The van der Waals surface area contributed by atoms with Gasteiger partial charge in [0.25, 0.3) is 0 Å². The lowest BCUT2D eigenvalue weighted by molar-refractivity contribution is 0.0275. The van der Waals surface area contributed by atoms with Gasteiger partial charge in [-0.1, -0.05) is 46.3 Å². The molecule has 0 aliphatic carbocycles. The summed E-state index contributed by atoms with van der Waals surface area (Å²) in [5, 5.41) is 1.06. The molecule has 15 heavy (non-hydrogen) atoms. The van der Waals surface area contributed by atoms with Crippen LogP contribution in [-0.2, 0) is 11.4 Å². The number of unbranched alkanes of at least 4 members (excludes halogenated alkanes) is 1. The Labute approximate surface area is 106 Å². The van der Waals surface area contributed by atoms with E-state index in [0.717, 1.165) is 18.3 Å². The lowest BCUT2D eigenvalue weighted by atomic mass is 10.2. The topological polar surface area (TPSA) is 21.3 Å². The molecule has 0 saturated carbocycles. The van der Waals surface area contributed by atoms with Crippen molar-refractivity contribution in [1.82, 2.24) is 5.48 Å². The molecule has 0 fully saturated rings. The predicted octanol–water partition coefficient (Wildman–Crippen LogP) is 3.30. The van der Waals surface area contributed by atoms with E-state index in [1.165, 1.54) is 12.0 Å². The third-order valence-electron chi connectivity index (χ3n) is 1.85. The number of hydrogen-bond donors (Lipinski definition) is 1. The highest BCUT2D eigenvalue weighted by Crippen LogP contribution is 1.99. The van der Waals surface area contributed by atoms with Crippen LogP contribution in [0.5, 0.6) is 0 Å².